The lowest BCUT2D eigenvalue weighted by molar-refractivity contribution is 0.0273. The topological polar surface area (TPSA) is 66.6 Å². The Morgan fingerprint density at radius 1 is 1.29 bits per heavy atom. The third kappa shape index (κ3) is 3.28. The van der Waals surface area contributed by atoms with Gasteiger partial charge in [0, 0.05) is 50.6 Å². The average molecular weight is 317 g/mol. The monoisotopic (exact) mass is 317 g/mol. The molecule has 6 heteroatoms. The van der Waals surface area contributed by atoms with Crippen LogP contribution in [0.25, 0.3) is 0 Å². The predicted molar refractivity (Wildman–Crippen MR) is 87.2 cm³/mol. The van der Waals surface area contributed by atoms with Crippen molar-refractivity contribution in [3.8, 4) is 0 Å². The van der Waals surface area contributed by atoms with Crippen LogP contribution in [0.1, 0.15) is 39.5 Å². The van der Waals surface area contributed by atoms with Crippen molar-refractivity contribution in [2.45, 2.75) is 56.4 Å². The largest absolute Gasteiger partial charge is 0.329 e. The highest BCUT2D eigenvalue weighted by molar-refractivity contribution is 7.91. The van der Waals surface area contributed by atoms with E-state index in [4.69, 9.17) is 5.73 Å². The summed E-state index contributed by atoms with van der Waals surface area (Å²) in [5.74, 6) is 0. The van der Waals surface area contributed by atoms with E-state index in [1.807, 2.05) is 0 Å². The number of piperazine rings is 1. The zero-order valence-corrected chi connectivity index (χ0v) is 14.5. The SMILES string of the molecule is CCC(C)N1CCN(C2(CN)CCCC2S(C)(=O)=O)CC1. The molecule has 1 saturated heterocycles. The molecule has 5 nitrogen and oxygen atoms in total. The average Bonchev–Trinajstić information content (AvgIpc) is 2.92. The number of rotatable bonds is 5. The van der Waals surface area contributed by atoms with Gasteiger partial charge in [0.2, 0.25) is 0 Å². The summed E-state index contributed by atoms with van der Waals surface area (Å²) < 4.78 is 24.4. The minimum absolute atomic E-state index is 0.287. The van der Waals surface area contributed by atoms with Crippen molar-refractivity contribution in [1.82, 2.24) is 9.80 Å². The highest BCUT2D eigenvalue weighted by Gasteiger charge is 2.51. The van der Waals surface area contributed by atoms with E-state index in [-0.39, 0.29) is 10.8 Å². The van der Waals surface area contributed by atoms with Gasteiger partial charge in [0.05, 0.1) is 5.25 Å². The Morgan fingerprint density at radius 3 is 2.38 bits per heavy atom. The molecular weight excluding hydrogens is 286 g/mol. The van der Waals surface area contributed by atoms with E-state index in [2.05, 4.69) is 23.6 Å². The van der Waals surface area contributed by atoms with E-state index >= 15 is 0 Å². The lowest BCUT2D eigenvalue weighted by atomic mass is 9.93. The van der Waals surface area contributed by atoms with Crippen LogP contribution in [-0.2, 0) is 9.84 Å². The highest BCUT2D eigenvalue weighted by atomic mass is 32.2. The van der Waals surface area contributed by atoms with Crippen LogP contribution in [0.2, 0.25) is 0 Å². The van der Waals surface area contributed by atoms with Gasteiger partial charge in [-0.25, -0.2) is 8.42 Å². The van der Waals surface area contributed by atoms with Gasteiger partial charge in [0.25, 0.3) is 0 Å². The maximum atomic E-state index is 12.2. The summed E-state index contributed by atoms with van der Waals surface area (Å²) in [6, 6.07) is 0.607. The normalized spacial score (nSPS) is 34.2. The fourth-order valence-electron chi connectivity index (χ4n) is 4.23. The van der Waals surface area contributed by atoms with Gasteiger partial charge >= 0.3 is 0 Å². The molecule has 0 radical (unpaired) electrons. The maximum absolute atomic E-state index is 12.2. The summed E-state index contributed by atoms with van der Waals surface area (Å²) >= 11 is 0. The summed E-state index contributed by atoms with van der Waals surface area (Å²) in [7, 11) is -3.04. The van der Waals surface area contributed by atoms with Crippen LogP contribution in [0.4, 0.5) is 0 Å². The molecule has 0 amide bonds. The van der Waals surface area contributed by atoms with Crippen molar-refractivity contribution in [2.75, 3.05) is 39.0 Å². The van der Waals surface area contributed by atoms with E-state index in [0.29, 0.717) is 12.6 Å². The lowest BCUT2D eigenvalue weighted by Gasteiger charge is -2.49. The van der Waals surface area contributed by atoms with Crippen LogP contribution in [0, 0.1) is 0 Å². The smallest absolute Gasteiger partial charge is 0.152 e. The molecule has 1 heterocycles. The van der Waals surface area contributed by atoms with E-state index < -0.39 is 9.84 Å². The van der Waals surface area contributed by atoms with Crippen molar-refractivity contribution < 1.29 is 8.42 Å². The number of hydrogen-bond acceptors (Lipinski definition) is 5. The maximum Gasteiger partial charge on any atom is 0.152 e. The molecule has 3 unspecified atom stereocenters. The molecule has 2 rings (SSSR count). The summed E-state index contributed by atoms with van der Waals surface area (Å²) in [5.41, 5.74) is 5.76. The standard InChI is InChI=1S/C15H31N3O2S/c1-4-13(2)17-8-10-18(11-9-17)15(12-16)7-5-6-14(15)21(3,19)20/h13-14H,4-12,16H2,1-3H3. The Labute approximate surface area is 129 Å². The Balaban J connectivity index is 2.12. The Hall–Kier alpha value is -0.170. The molecule has 3 atom stereocenters. The number of nitrogens with zero attached hydrogens (tertiary/aromatic N) is 2. The summed E-state index contributed by atoms with van der Waals surface area (Å²) in [4.78, 5) is 4.88. The van der Waals surface area contributed by atoms with E-state index in [9.17, 15) is 8.42 Å². The number of nitrogens with two attached hydrogens (primary N) is 1. The van der Waals surface area contributed by atoms with Crippen LogP contribution >= 0.6 is 0 Å². The summed E-state index contributed by atoms with van der Waals surface area (Å²) in [6.45, 7) is 8.86. The molecule has 0 aromatic carbocycles. The second-order valence-electron chi connectivity index (χ2n) is 6.80. The molecule has 2 N–H and O–H groups in total. The first-order valence-corrected chi connectivity index (χ1v) is 10.2. The molecule has 1 saturated carbocycles. The second-order valence-corrected chi connectivity index (χ2v) is 9.03. The predicted octanol–water partition coefficient (Wildman–Crippen LogP) is 0.697. The molecule has 1 aliphatic heterocycles. The van der Waals surface area contributed by atoms with Crippen LogP contribution in [0.15, 0.2) is 0 Å². The van der Waals surface area contributed by atoms with E-state index in [1.165, 1.54) is 6.26 Å². The fourth-order valence-corrected chi connectivity index (χ4v) is 5.98. The Bertz CT molecular complexity index is 446. The van der Waals surface area contributed by atoms with E-state index in [1.54, 1.807) is 0 Å². The zero-order chi connectivity index (χ0) is 15.7. The first-order chi connectivity index (χ1) is 9.85. The van der Waals surface area contributed by atoms with Crippen LogP contribution in [0.5, 0.6) is 0 Å². The molecule has 21 heavy (non-hydrogen) atoms. The lowest BCUT2D eigenvalue weighted by Crippen LogP contribution is -2.65. The molecule has 2 fully saturated rings. The Kier molecular flexibility index (Phi) is 5.34. The zero-order valence-electron chi connectivity index (χ0n) is 13.7. The van der Waals surface area contributed by atoms with Crippen molar-refractivity contribution in [2.24, 2.45) is 5.73 Å². The number of hydrogen-bond donors (Lipinski definition) is 1. The van der Waals surface area contributed by atoms with Gasteiger partial charge in [-0.1, -0.05) is 13.3 Å². The van der Waals surface area contributed by atoms with Crippen molar-refractivity contribution in [3.63, 3.8) is 0 Å². The molecular formula is C15H31N3O2S. The molecule has 2 aliphatic rings. The minimum atomic E-state index is -3.04. The van der Waals surface area contributed by atoms with E-state index in [0.717, 1.165) is 51.9 Å². The third-order valence-electron chi connectivity index (χ3n) is 5.70. The number of sulfone groups is 1. The Morgan fingerprint density at radius 2 is 1.90 bits per heavy atom. The third-order valence-corrected chi connectivity index (χ3v) is 7.41. The van der Waals surface area contributed by atoms with Gasteiger partial charge in [0.1, 0.15) is 0 Å². The molecule has 0 bridgehead atoms. The highest BCUT2D eigenvalue weighted by Crippen LogP contribution is 2.39. The molecule has 0 aromatic rings. The van der Waals surface area contributed by atoms with Gasteiger partial charge < -0.3 is 5.73 Å². The van der Waals surface area contributed by atoms with Crippen molar-refractivity contribution in [1.29, 1.82) is 0 Å². The fraction of sp³-hybridized carbons (Fsp3) is 1.00. The minimum Gasteiger partial charge on any atom is -0.329 e. The van der Waals surface area contributed by atoms with Crippen molar-refractivity contribution in [3.05, 3.63) is 0 Å². The van der Waals surface area contributed by atoms with Gasteiger partial charge in [-0.15, -0.1) is 0 Å². The van der Waals surface area contributed by atoms with Gasteiger partial charge in [0.15, 0.2) is 9.84 Å². The van der Waals surface area contributed by atoms with Crippen LogP contribution in [0.3, 0.4) is 0 Å². The van der Waals surface area contributed by atoms with Crippen LogP contribution in [-0.4, -0.2) is 74.0 Å². The first kappa shape index (κ1) is 17.2. The quantitative estimate of drug-likeness (QED) is 0.808. The summed E-state index contributed by atoms with van der Waals surface area (Å²) in [6.07, 6.45) is 5.20. The molecule has 124 valence electrons. The molecule has 0 aromatic heterocycles. The van der Waals surface area contributed by atoms with Gasteiger partial charge in [-0.3, -0.25) is 9.80 Å². The van der Waals surface area contributed by atoms with Gasteiger partial charge in [-0.2, -0.15) is 0 Å². The second kappa shape index (κ2) is 6.52. The van der Waals surface area contributed by atoms with Crippen LogP contribution < -0.4 is 5.73 Å². The molecule has 1 aliphatic carbocycles. The first-order valence-electron chi connectivity index (χ1n) is 8.23. The molecule has 0 spiro atoms. The summed E-state index contributed by atoms with van der Waals surface area (Å²) in [5, 5.41) is -0.287. The van der Waals surface area contributed by atoms with Crippen molar-refractivity contribution >= 4 is 9.84 Å². The van der Waals surface area contributed by atoms with Gasteiger partial charge in [-0.05, 0) is 26.2 Å².